The molecule has 0 bridgehead atoms. The van der Waals surface area contributed by atoms with Crippen LogP contribution in [0.4, 0.5) is 5.69 Å². The van der Waals surface area contributed by atoms with Gasteiger partial charge in [-0.15, -0.1) is 0 Å². The van der Waals surface area contributed by atoms with Gasteiger partial charge in [0.25, 0.3) is 5.91 Å². The van der Waals surface area contributed by atoms with Crippen LogP contribution in [0.25, 0.3) is 0 Å². The van der Waals surface area contributed by atoms with Crippen molar-refractivity contribution in [1.82, 2.24) is 5.32 Å². The number of nitrogens with one attached hydrogen (secondary N) is 2. The molecule has 0 spiro atoms. The van der Waals surface area contributed by atoms with Gasteiger partial charge in [0.15, 0.2) is 0 Å². The Balaban J connectivity index is 2.05. The fourth-order valence-corrected chi connectivity index (χ4v) is 2.41. The first-order valence-electron chi connectivity index (χ1n) is 7.23. The Bertz CT molecular complexity index is 452. The average molecular weight is 260 g/mol. The molecule has 2 rings (SSSR count). The predicted octanol–water partition coefficient (Wildman–Crippen LogP) is 3.35. The number of hydrogen-bond acceptors (Lipinski definition) is 2. The van der Waals surface area contributed by atoms with E-state index < -0.39 is 0 Å². The summed E-state index contributed by atoms with van der Waals surface area (Å²) in [4.78, 5) is 12.4. The molecule has 1 aliphatic carbocycles. The van der Waals surface area contributed by atoms with Crippen LogP contribution in [0.3, 0.4) is 0 Å². The summed E-state index contributed by atoms with van der Waals surface area (Å²) in [6.45, 7) is 4.17. The van der Waals surface area contributed by atoms with E-state index >= 15 is 0 Å². The lowest BCUT2D eigenvalue weighted by Gasteiger charge is -2.18. The molecule has 0 heterocycles. The third kappa shape index (κ3) is 3.72. The van der Waals surface area contributed by atoms with Crippen molar-refractivity contribution in [3.05, 3.63) is 29.3 Å². The second-order valence-corrected chi connectivity index (χ2v) is 5.56. The van der Waals surface area contributed by atoms with E-state index in [2.05, 4.69) is 17.6 Å². The Morgan fingerprint density at radius 2 is 2.16 bits per heavy atom. The van der Waals surface area contributed by atoms with Crippen molar-refractivity contribution >= 4 is 11.6 Å². The highest BCUT2D eigenvalue weighted by molar-refractivity contribution is 5.99. The fourth-order valence-electron chi connectivity index (χ4n) is 2.41. The summed E-state index contributed by atoms with van der Waals surface area (Å²) in [5.74, 6) is 0.879. The minimum atomic E-state index is 0.0388. The molecule has 1 aromatic rings. The zero-order valence-electron chi connectivity index (χ0n) is 12.1. The van der Waals surface area contributed by atoms with E-state index in [0.717, 1.165) is 35.6 Å². The molecule has 3 heteroatoms. The van der Waals surface area contributed by atoms with Crippen LogP contribution in [0.5, 0.6) is 0 Å². The van der Waals surface area contributed by atoms with Crippen LogP contribution in [0.2, 0.25) is 0 Å². The number of carbonyl (C=O) groups excluding carboxylic acids is 1. The Morgan fingerprint density at radius 1 is 1.42 bits per heavy atom. The molecule has 19 heavy (non-hydrogen) atoms. The maximum atomic E-state index is 12.4. The Kier molecular flexibility index (Phi) is 4.46. The summed E-state index contributed by atoms with van der Waals surface area (Å²) in [7, 11) is 1.85. The highest BCUT2D eigenvalue weighted by atomic mass is 16.1. The van der Waals surface area contributed by atoms with Crippen molar-refractivity contribution in [1.29, 1.82) is 0 Å². The van der Waals surface area contributed by atoms with Crippen LogP contribution < -0.4 is 10.6 Å². The Hall–Kier alpha value is -1.51. The summed E-state index contributed by atoms with van der Waals surface area (Å²) < 4.78 is 0. The number of aryl methyl sites for hydroxylation is 1. The van der Waals surface area contributed by atoms with Crippen LogP contribution >= 0.6 is 0 Å². The molecule has 1 unspecified atom stereocenters. The SMILES string of the molecule is CCC(CC1CC1)NC(=O)c1ccc(C)cc1NC. The molecular formula is C16H24N2O. The van der Waals surface area contributed by atoms with Crippen LogP contribution in [-0.2, 0) is 0 Å². The molecule has 1 fully saturated rings. The first-order valence-corrected chi connectivity index (χ1v) is 7.23. The van der Waals surface area contributed by atoms with Crippen LogP contribution in [0, 0.1) is 12.8 Å². The highest BCUT2D eigenvalue weighted by Gasteiger charge is 2.26. The second kappa shape index (κ2) is 6.09. The smallest absolute Gasteiger partial charge is 0.253 e. The molecular weight excluding hydrogens is 236 g/mol. The van der Waals surface area contributed by atoms with Gasteiger partial charge in [-0.25, -0.2) is 0 Å². The van der Waals surface area contributed by atoms with Crippen LogP contribution in [0.15, 0.2) is 18.2 Å². The quantitative estimate of drug-likeness (QED) is 0.823. The molecule has 1 amide bonds. The lowest BCUT2D eigenvalue weighted by molar-refractivity contribution is 0.0933. The minimum absolute atomic E-state index is 0.0388. The van der Waals surface area contributed by atoms with Gasteiger partial charge in [-0.2, -0.15) is 0 Å². The molecule has 1 saturated carbocycles. The van der Waals surface area contributed by atoms with Crippen LogP contribution in [-0.4, -0.2) is 19.0 Å². The molecule has 1 atom stereocenters. The van der Waals surface area contributed by atoms with Crippen molar-refractivity contribution in [2.24, 2.45) is 5.92 Å². The van der Waals surface area contributed by atoms with E-state index in [9.17, 15) is 4.79 Å². The highest BCUT2D eigenvalue weighted by Crippen LogP contribution is 2.34. The molecule has 104 valence electrons. The van der Waals surface area contributed by atoms with Gasteiger partial charge in [0, 0.05) is 18.8 Å². The number of amides is 1. The standard InChI is InChI=1S/C16H24N2O/c1-4-13(10-12-6-7-12)18-16(19)14-8-5-11(2)9-15(14)17-3/h5,8-9,12-13,17H,4,6-7,10H2,1-3H3,(H,18,19). The summed E-state index contributed by atoms with van der Waals surface area (Å²) in [6.07, 6.45) is 4.79. The zero-order valence-corrected chi connectivity index (χ0v) is 12.1. The summed E-state index contributed by atoms with van der Waals surface area (Å²) in [6, 6.07) is 6.21. The second-order valence-electron chi connectivity index (χ2n) is 5.56. The monoisotopic (exact) mass is 260 g/mol. The van der Waals surface area contributed by atoms with E-state index in [1.54, 1.807) is 0 Å². The number of rotatable bonds is 6. The number of carbonyl (C=O) groups is 1. The normalized spacial score (nSPS) is 15.9. The first-order chi connectivity index (χ1) is 9.13. The van der Waals surface area contributed by atoms with Crippen molar-refractivity contribution in [3.8, 4) is 0 Å². The number of benzene rings is 1. The topological polar surface area (TPSA) is 41.1 Å². The lowest BCUT2D eigenvalue weighted by Crippen LogP contribution is -2.35. The van der Waals surface area contributed by atoms with Gasteiger partial charge < -0.3 is 10.6 Å². The van der Waals surface area contributed by atoms with E-state index in [-0.39, 0.29) is 5.91 Å². The van der Waals surface area contributed by atoms with E-state index in [4.69, 9.17) is 0 Å². The third-order valence-corrected chi connectivity index (χ3v) is 3.83. The fraction of sp³-hybridized carbons (Fsp3) is 0.562. The minimum Gasteiger partial charge on any atom is -0.387 e. The van der Waals surface area contributed by atoms with Crippen molar-refractivity contribution in [3.63, 3.8) is 0 Å². The van der Waals surface area contributed by atoms with E-state index in [0.29, 0.717) is 6.04 Å². The Morgan fingerprint density at radius 3 is 2.74 bits per heavy atom. The van der Waals surface area contributed by atoms with Gasteiger partial charge in [-0.1, -0.05) is 25.8 Å². The summed E-state index contributed by atoms with van der Waals surface area (Å²) in [5.41, 5.74) is 2.80. The maximum Gasteiger partial charge on any atom is 0.253 e. The largest absolute Gasteiger partial charge is 0.387 e. The molecule has 3 nitrogen and oxygen atoms in total. The van der Waals surface area contributed by atoms with Gasteiger partial charge >= 0.3 is 0 Å². The van der Waals surface area contributed by atoms with Gasteiger partial charge in [0.05, 0.1) is 5.56 Å². The van der Waals surface area contributed by atoms with E-state index in [1.165, 1.54) is 12.8 Å². The predicted molar refractivity (Wildman–Crippen MR) is 79.6 cm³/mol. The maximum absolute atomic E-state index is 12.4. The Labute approximate surface area is 115 Å². The average Bonchev–Trinajstić information content (AvgIpc) is 3.21. The molecule has 0 radical (unpaired) electrons. The molecule has 0 aliphatic heterocycles. The van der Waals surface area contributed by atoms with Crippen molar-refractivity contribution in [2.75, 3.05) is 12.4 Å². The summed E-state index contributed by atoms with van der Waals surface area (Å²) >= 11 is 0. The number of hydrogen-bond donors (Lipinski definition) is 2. The molecule has 1 aromatic carbocycles. The van der Waals surface area contributed by atoms with E-state index in [1.807, 2.05) is 32.2 Å². The molecule has 0 saturated heterocycles. The van der Waals surface area contributed by atoms with Crippen molar-refractivity contribution in [2.45, 2.75) is 45.6 Å². The zero-order chi connectivity index (χ0) is 13.8. The molecule has 2 N–H and O–H groups in total. The summed E-state index contributed by atoms with van der Waals surface area (Å²) in [5, 5.41) is 6.27. The molecule has 0 aromatic heterocycles. The first kappa shape index (κ1) is 13.9. The lowest BCUT2D eigenvalue weighted by atomic mass is 10.1. The van der Waals surface area contributed by atoms with Gasteiger partial charge in [0.2, 0.25) is 0 Å². The van der Waals surface area contributed by atoms with Crippen molar-refractivity contribution < 1.29 is 4.79 Å². The van der Waals surface area contributed by atoms with Gasteiger partial charge in [-0.3, -0.25) is 4.79 Å². The van der Waals surface area contributed by atoms with Crippen LogP contribution in [0.1, 0.15) is 48.5 Å². The number of anilines is 1. The third-order valence-electron chi connectivity index (χ3n) is 3.83. The van der Waals surface area contributed by atoms with Gasteiger partial charge in [0.1, 0.15) is 0 Å². The molecule has 1 aliphatic rings. The van der Waals surface area contributed by atoms with Gasteiger partial charge in [-0.05, 0) is 43.4 Å².